The highest BCUT2D eigenvalue weighted by Crippen LogP contribution is 2.08. The van der Waals surface area contributed by atoms with Gasteiger partial charge < -0.3 is 4.74 Å². The Labute approximate surface area is 81.0 Å². The van der Waals surface area contributed by atoms with E-state index in [0.29, 0.717) is 6.61 Å². The summed E-state index contributed by atoms with van der Waals surface area (Å²) in [5, 5.41) is 0. The predicted molar refractivity (Wildman–Crippen MR) is 54.7 cm³/mol. The van der Waals surface area contributed by atoms with E-state index in [0.717, 1.165) is 12.8 Å². The number of carbonyl (C=O) groups excluding carboxylic acids is 1. The van der Waals surface area contributed by atoms with E-state index < -0.39 is 0 Å². The molecule has 0 aliphatic rings. The summed E-state index contributed by atoms with van der Waals surface area (Å²) in [6.45, 7) is 6.36. The molecule has 0 aliphatic carbocycles. The van der Waals surface area contributed by atoms with Crippen molar-refractivity contribution >= 4 is 5.78 Å². The molecule has 0 aliphatic heterocycles. The van der Waals surface area contributed by atoms with Crippen LogP contribution in [-0.4, -0.2) is 19.5 Å². The molecule has 76 valence electrons. The highest BCUT2D eigenvalue weighted by atomic mass is 16.5. The van der Waals surface area contributed by atoms with Gasteiger partial charge in [-0.3, -0.25) is 4.79 Å². The van der Waals surface area contributed by atoms with E-state index in [4.69, 9.17) is 4.74 Å². The highest BCUT2D eigenvalue weighted by Gasteiger charge is 2.05. The number of allylic oxidation sites excluding steroid dienone is 1. The number of hydrogen-bond donors (Lipinski definition) is 0. The average Bonchev–Trinajstić information content (AvgIpc) is 2.04. The van der Waals surface area contributed by atoms with Crippen LogP contribution in [0.4, 0.5) is 0 Å². The lowest BCUT2D eigenvalue weighted by Crippen LogP contribution is -2.05. The number of carbonyl (C=O) groups is 1. The number of rotatable bonds is 6. The van der Waals surface area contributed by atoms with Crippen LogP contribution in [0, 0.1) is 5.92 Å². The first-order valence-corrected chi connectivity index (χ1v) is 4.73. The van der Waals surface area contributed by atoms with Crippen LogP contribution >= 0.6 is 0 Å². The van der Waals surface area contributed by atoms with Gasteiger partial charge >= 0.3 is 0 Å². The summed E-state index contributed by atoms with van der Waals surface area (Å²) < 4.78 is 4.97. The predicted octanol–water partition coefficient (Wildman–Crippen LogP) is 2.58. The Hall–Kier alpha value is -0.630. The summed E-state index contributed by atoms with van der Waals surface area (Å²) in [6.07, 6.45) is 4.05. The largest absolute Gasteiger partial charge is 0.380 e. The van der Waals surface area contributed by atoms with Gasteiger partial charge in [-0.15, -0.1) is 0 Å². The first kappa shape index (κ1) is 12.4. The summed E-state index contributed by atoms with van der Waals surface area (Å²) in [5.41, 5.74) is 1.23. The average molecular weight is 184 g/mol. The van der Waals surface area contributed by atoms with Crippen LogP contribution in [0.15, 0.2) is 11.6 Å². The minimum Gasteiger partial charge on any atom is -0.380 e. The lowest BCUT2D eigenvalue weighted by molar-refractivity contribution is -0.120. The number of hydrogen-bond acceptors (Lipinski definition) is 2. The van der Waals surface area contributed by atoms with Gasteiger partial charge in [-0.25, -0.2) is 0 Å². The lowest BCUT2D eigenvalue weighted by atomic mass is 10.0. The Morgan fingerprint density at radius 1 is 1.46 bits per heavy atom. The van der Waals surface area contributed by atoms with Crippen LogP contribution in [0.2, 0.25) is 0 Å². The maximum Gasteiger partial charge on any atom is 0.132 e. The summed E-state index contributed by atoms with van der Waals surface area (Å²) >= 11 is 0. The Bertz CT molecular complexity index is 183. The summed E-state index contributed by atoms with van der Waals surface area (Å²) in [5.74, 6) is 0.462. The van der Waals surface area contributed by atoms with Crippen molar-refractivity contribution in [3.8, 4) is 0 Å². The topological polar surface area (TPSA) is 26.3 Å². The van der Waals surface area contributed by atoms with Crippen molar-refractivity contribution in [3.63, 3.8) is 0 Å². The van der Waals surface area contributed by atoms with Crippen LogP contribution in [0.3, 0.4) is 0 Å². The molecule has 1 atom stereocenters. The van der Waals surface area contributed by atoms with Gasteiger partial charge in [0.05, 0.1) is 6.61 Å². The Kier molecular flexibility index (Phi) is 6.51. The van der Waals surface area contributed by atoms with Crippen molar-refractivity contribution in [2.45, 2.75) is 33.6 Å². The maximum atomic E-state index is 10.9. The fourth-order valence-corrected chi connectivity index (χ4v) is 1.07. The van der Waals surface area contributed by atoms with Crippen molar-refractivity contribution in [2.75, 3.05) is 13.7 Å². The molecule has 2 nitrogen and oxygen atoms in total. The maximum absolute atomic E-state index is 10.9. The van der Waals surface area contributed by atoms with Gasteiger partial charge in [-0.1, -0.05) is 18.6 Å². The molecule has 0 aromatic rings. The zero-order valence-electron chi connectivity index (χ0n) is 9.09. The summed E-state index contributed by atoms with van der Waals surface area (Å²) in [7, 11) is 1.69. The Balaban J connectivity index is 3.65. The third kappa shape index (κ3) is 6.52. The molecule has 0 amide bonds. The SMILES string of the molecule is COCC(C)=CCCC(C)C(C)=O. The fraction of sp³-hybridized carbons (Fsp3) is 0.727. The molecule has 0 bridgehead atoms. The van der Waals surface area contributed by atoms with Crippen molar-refractivity contribution in [1.82, 2.24) is 0 Å². The summed E-state index contributed by atoms with van der Waals surface area (Å²) in [4.78, 5) is 10.9. The number of Topliss-reactive ketones (excluding diaryl/α,β-unsaturated/α-hetero) is 1. The monoisotopic (exact) mass is 184 g/mol. The second kappa shape index (κ2) is 6.84. The van der Waals surface area contributed by atoms with Gasteiger partial charge in [0.25, 0.3) is 0 Å². The van der Waals surface area contributed by atoms with Crippen molar-refractivity contribution in [1.29, 1.82) is 0 Å². The quantitative estimate of drug-likeness (QED) is 0.593. The van der Waals surface area contributed by atoms with E-state index in [9.17, 15) is 4.79 Å². The van der Waals surface area contributed by atoms with Crippen molar-refractivity contribution in [3.05, 3.63) is 11.6 Å². The second-order valence-corrected chi connectivity index (χ2v) is 3.57. The normalized spacial score (nSPS) is 14.3. The molecular formula is C11H20O2. The van der Waals surface area contributed by atoms with Crippen molar-refractivity contribution in [2.24, 2.45) is 5.92 Å². The van der Waals surface area contributed by atoms with E-state index in [1.165, 1.54) is 5.57 Å². The van der Waals surface area contributed by atoms with Crippen LogP contribution in [-0.2, 0) is 9.53 Å². The summed E-state index contributed by atoms with van der Waals surface area (Å²) in [6, 6.07) is 0. The molecular weight excluding hydrogens is 164 g/mol. The van der Waals surface area contributed by atoms with Crippen molar-refractivity contribution < 1.29 is 9.53 Å². The molecule has 0 fully saturated rings. The Morgan fingerprint density at radius 2 is 2.08 bits per heavy atom. The molecule has 0 spiro atoms. The van der Waals surface area contributed by atoms with Crippen LogP contribution < -0.4 is 0 Å². The van der Waals surface area contributed by atoms with E-state index in [2.05, 4.69) is 6.08 Å². The number of ketones is 1. The van der Waals surface area contributed by atoms with Gasteiger partial charge in [0.1, 0.15) is 5.78 Å². The first-order valence-electron chi connectivity index (χ1n) is 4.73. The van der Waals surface area contributed by atoms with E-state index in [-0.39, 0.29) is 11.7 Å². The van der Waals surface area contributed by atoms with Crippen LogP contribution in [0.25, 0.3) is 0 Å². The van der Waals surface area contributed by atoms with E-state index in [1.54, 1.807) is 14.0 Å². The molecule has 0 rings (SSSR count). The highest BCUT2D eigenvalue weighted by molar-refractivity contribution is 5.77. The third-order valence-electron chi connectivity index (χ3n) is 2.16. The molecule has 0 aromatic carbocycles. The molecule has 0 N–H and O–H groups in total. The second-order valence-electron chi connectivity index (χ2n) is 3.57. The minimum absolute atomic E-state index is 0.187. The van der Waals surface area contributed by atoms with Gasteiger partial charge in [0.15, 0.2) is 0 Å². The molecule has 13 heavy (non-hydrogen) atoms. The molecule has 0 heterocycles. The van der Waals surface area contributed by atoms with Gasteiger partial charge in [0, 0.05) is 13.0 Å². The smallest absolute Gasteiger partial charge is 0.132 e. The fourth-order valence-electron chi connectivity index (χ4n) is 1.07. The third-order valence-corrected chi connectivity index (χ3v) is 2.16. The molecule has 1 unspecified atom stereocenters. The zero-order chi connectivity index (χ0) is 10.3. The minimum atomic E-state index is 0.187. The standard InChI is InChI=1S/C11H20O2/c1-9(8-13-4)6-5-7-10(2)11(3)12/h6,10H,5,7-8H2,1-4H3. The molecule has 0 saturated carbocycles. The molecule has 0 aromatic heterocycles. The van der Waals surface area contributed by atoms with E-state index in [1.807, 2.05) is 13.8 Å². The molecule has 0 saturated heterocycles. The van der Waals surface area contributed by atoms with Crippen LogP contribution in [0.5, 0.6) is 0 Å². The first-order chi connectivity index (χ1) is 6.07. The van der Waals surface area contributed by atoms with Gasteiger partial charge in [-0.05, 0) is 26.7 Å². The lowest BCUT2D eigenvalue weighted by Gasteiger charge is -2.04. The van der Waals surface area contributed by atoms with Gasteiger partial charge in [0.2, 0.25) is 0 Å². The molecule has 0 radical (unpaired) electrons. The van der Waals surface area contributed by atoms with Crippen LogP contribution in [0.1, 0.15) is 33.6 Å². The Morgan fingerprint density at radius 3 is 2.54 bits per heavy atom. The number of ether oxygens (including phenoxy) is 1. The zero-order valence-corrected chi connectivity index (χ0v) is 9.09. The molecule has 2 heteroatoms. The van der Waals surface area contributed by atoms with E-state index >= 15 is 0 Å². The number of methoxy groups -OCH3 is 1. The van der Waals surface area contributed by atoms with Gasteiger partial charge in [-0.2, -0.15) is 0 Å².